The number of anilines is 2. The van der Waals surface area contributed by atoms with Gasteiger partial charge >= 0.3 is 0 Å². The molecule has 0 radical (unpaired) electrons. The molecule has 1 aliphatic heterocycles. The number of hydrogen-bond donors (Lipinski definition) is 2. The van der Waals surface area contributed by atoms with Crippen LogP contribution in [0.4, 0.5) is 24.5 Å². The number of amides is 3. The number of carbonyl (C=O) groups excluding carboxylic acids is 3. The largest absolute Gasteiger partial charge is 0.370 e. The summed E-state index contributed by atoms with van der Waals surface area (Å²) in [5.74, 6) is -3.13. The van der Waals surface area contributed by atoms with Gasteiger partial charge in [0.1, 0.15) is 12.4 Å². The number of rotatable bonds is 8. The van der Waals surface area contributed by atoms with Crippen LogP contribution in [0.1, 0.15) is 19.3 Å². The van der Waals surface area contributed by atoms with Gasteiger partial charge in [0.25, 0.3) is 18.2 Å². The topological polar surface area (TPSA) is 105 Å². The smallest absolute Gasteiger partial charge is 0.253 e. The van der Waals surface area contributed by atoms with Crippen molar-refractivity contribution in [1.82, 2.24) is 4.90 Å². The molecule has 3 rings (SSSR count). The van der Waals surface area contributed by atoms with Crippen molar-refractivity contribution in [3.8, 4) is 0 Å². The molecule has 0 unspecified atom stereocenters. The molecular formula is C19H23F3N4O4. The highest BCUT2D eigenvalue weighted by Crippen LogP contribution is 2.28. The second-order valence-electron chi connectivity index (χ2n) is 7.23. The lowest BCUT2D eigenvalue weighted by molar-refractivity contribution is -0.136. The SMILES string of the molecule is NC(=O)[C@H](C(=O)Nc1ccc(N2CCOCC2=O)c(F)c1)N(CC(F)F)C1CCC1. The van der Waals surface area contributed by atoms with Crippen LogP contribution >= 0.6 is 0 Å². The van der Waals surface area contributed by atoms with E-state index in [0.717, 1.165) is 17.4 Å². The third kappa shape index (κ3) is 4.90. The predicted octanol–water partition coefficient (Wildman–Crippen LogP) is 1.10. The summed E-state index contributed by atoms with van der Waals surface area (Å²) in [5, 5.41) is 2.37. The zero-order valence-corrected chi connectivity index (χ0v) is 16.2. The normalized spacial score (nSPS) is 18.4. The predicted molar refractivity (Wildman–Crippen MR) is 102 cm³/mol. The molecule has 8 nitrogen and oxygen atoms in total. The fraction of sp³-hybridized carbons (Fsp3) is 0.526. The van der Waals surface area contributed by atoms with Crippen LogP contribution in [0.15, 0.2) is 18.2 Å². The monoisotopic (exact) mass is 428 g/mol. The van der Waals surface area contributed by atoms with Gasteiger partial charge in [-0.2, -0.15) is 0 Å². The first-order chi connectivity index (χ1) is 14.3. The quantitative estimate of drug-likeness (QED) is 0.604. The Hall–Kier alpha value is -2.66. The molecule has 3 N–H and O–H groups in total. The lowest BCUT2D eigenvalue weighted by Gasteiger charge is -2.40. The van der Waals surface area contributed by atoms with Crippen molar-refractivity contribution in [2.45, 2.75) is 37.8 Å². The number of nitrogens with zero attached hydrogens (tertiary/aromatic N) is 2. The van der Waals surface area contributed by atoms with Crippen LogP contribution in [0, 0.1) is 5.82 Å². The van der Waals surface area contributed by atoms with E-state index in [1.165, 1.54) is 17.0 Å². The van der Waals surface area contributed by atoms with Crippen molar-refractivity contribution in [3.63, 3.8) is 0 Å². The van der Waals surface area contributed by atoms with Gasteiger partial charge in [-0.15, -0.1) is 0 Å². The molecule has 2 fully saturated rings. The Kier molecular flexibility index (Phi) is 6.93. The maximum atomic E-state index is 14.6. The van der Waals surface area contributed by atoms with Gasteiger partial charge < -0.3 is 20.7 Å². The number of ether oxygens (including phenoxy) is 1. The van der Waals surface area contributed by atoms with Crippen molar-refractivity contribution in [2.24, 2.45) is 5.73 Å². The van der Waals surface area contributed by atoms with Crippen LogP contribution in [-0.4, -0.2) is 67.4 Å². The molecule has 11 heteroatoms. The molecule has 3 amide bonds. The lowest BCUT2D eigenvalue weighted by Crippen LogP contribution is -2.58. The summed E-state index contributed by atoms with van der Waals surface area (Å²) < 4.78 is 45.6. The average molecular weight is 428 g/mol. The first kappa shape index (κ1) is 22.0. The minimum atomic E-state index is -2.75. The number of morpholine rings is 1. The van der Waals surface area contributed by atoms with Gasteiger partial charge in [-0.05, 0) is 31.0 Å². The van der Waals surface area contributed by atoms with Gasteiger partial charge in [-0.25, -0.2) is 13.2 Å². The number of nitrogens with two attached hydrogens (primary N) is 1. The van der Waals surface area contributed by atoms with Crippen LogP contribution < -0.4 is 16.0 Å². The Morgan fingerprint density at radius 3 is 2.60 bits per heavy atom. The van der Waals surface area contributed by atoms with E-state index in [1.807, 2.05) is 0 Å². The third-order valence-corrected chi connectivity index (χ3v) is 5.23. The van der Waals surface area contributed by atoms with E-state index in [4.69, 9.17) is 10.5 Å². The average Bonchev–Trinajstić information content (AvgIpc) is 2.60. The van der Waals surface area contributed by atoms with E-state index in [-0.39, 0.29) is 37.2 Å². The first-order valence-electron chi connectivity index (χ1n) is 9.59. The number of benzene rings is 1. The third-order valence-electron chi connectivity index (χ3n) is 5.23. The summed E-state index contributed by atoms with van der Waals surface area (Å²) in [6, 6.07) is 1.73. The van der Waals surface area contributed by atoms with Gasteiger partial charge in [0.15, 0.2) is 6.04 Å². The van der Waals surface area contributed by atoms with Crippen LogP contribution in [0.3, 0.4) is 0 Å². The number of primary amides is 1. The number of carbonyl (C=O) groups is 3. The Labute approximate surface area is 171 Å². The highest BCUT2D eigenvalue weighted by molar-refractivity contribution is 6.09. The Balaban J connectivity index is 1.76. The summed E-state index contributed by atoms with van der Waals surface area (Å²) in [6.07, 6.45) is -0.769. The summed E-state index contributed by atoms with van der Waals surface area (Å²) in [4.78, 5) is 38.8. The van der Waals surface area contributed by atoms with Crippen LogP contribution in [0.5, 0.6) is 0 Å². The second-order valence-corrected chi connectivity index (χ2v) is 7.23. The number of nitrogens with one attached hydrogen (secondary N) is 1. The van der Waals surface area contributed by atoms with E-state index in [2.05, 4.69) is 5.32 Å². The number of halogens is 3. The summed E-state index contributed by atoms with van der Waals surface area (Å²) in [6.45, 7) is -0.461. The van der Waals surface area contributed by atoms with E-state index in [0.29, 0.717) is 12.8 Å². The van der Waals surface area contributed by atoms with Gasteiger partial charge in [0.2, 0.25) is 5.91 Å². The van der Waals surface area contributed by atoms with Gasteiger partial charge in [-0.3, -0.25) is 19.3 Å². The minimum absolute atomic E-state index is 0.0128. The summed E-state index contributed by atoms with van der Waals surface area (Å²) >= 11 is 0. The second kappa shape index (κ2) is 9.43. The van der Waals surface area contributed by atoms with Gasteiger partial charge in [0, 0.05) is 18.3 Å². The molecule has 1 saturated carbocycles. The Morgan fingerprint density at radius 2 is 2.07 bits per heavy atom. The lowest BCUT2D eigenvalue weighted by atomic mass is 9.90. The first-order valence-corrected chi connectivity index (χ1v) is 9.59. The molecule has 164 valence electrons. The molecule has 1 atom stereocenters. The Bertz CT molecular complexity index is 819. The Morgan fingerprint density at radius 1 is 1.33 bits per heavy atom. The molecule has 2 aliphatic rings. The molecule has 0 aromatic heterocycles. The van der Waals surface area contributed by atoms with Crippen molar-refractivity contribution in [2.75, 3.05) is 36.5 Å². The molecule has 0 bridgehead atoms. The van der Waals surface area contributed by atoms with E-state index in [9.17, 15) is 27.6 Å². The zero-order chi connectivity index (χ0) is 21.8. The van der Waals surface area contributed by atoms with Gasteiger partial charge in [0.05, 0.1) is 18.8 Å². The molecule has 1 aromatic carbocycles. The standard InChI is InChI=1S/C19H23F3N4O4/c20-13-8-11(4-5-14(13)25-6-7-30-10-16(25)27)24-19(29)17(18(23)28)26(9-15(21)22)12-2-1-3-12/h4-5,8,12,15,17H,1-3,6-7,9-10H2,(H2,23,28)(H,24,29)/t17-/m1/s1. The van der Waals surface area contributed by atoms with Crippen molar-refractivity contribution >= 4 is 29.1 Å². The molecule has 0 spiro atoms. The molecule has 30 heavy (non-hydrogen) atoms. The fourth-order valence-electron chi connectivity index (χ4n) is 3.57. The maximum absolute atomic E-state index is 14.6. The van der Waals surface area contributed by atoms with Crippen LogP contribution in [-0.2, 0) is 19.1 Å². The van der Waals surface area contributed by atoms with E-state index >= 15 is 0 Å². The van der Waals surface area contributed by atoms with Crippen molar-refractivity contribution in [3.05, 3.63) is 24.0 Å². The maximum Gasteiger partial charge on any atom is 0.253 e. The van der Waals surface area contributed by atoms with Crippen LogP contribution in [0.25, 0.3) is 0 Å². The van der Waals surface area contributed by atoms with Crippen molar-refractivity contribution < 1.29 is 32.3 Å². The van der Waals surface area contributed by atoms with Crippen LogP contribution in [0.2, 0.25) is 0 Å². The molecule has 1 aromatic rings. The zero-order valence-electron chi connectivity index (χ0n) is 16.2. The minimum Gasteiger partial charge on any atom is -0.370 e. The number of hydrogen-bond acceptors (Lipinski definition) is 5. The van der Waals surface area contributed by atoms with Crippen molar-refractivity contribution in [1.29, 1.82) is 0 Å². The fourth-order valence-corrected chi connectivity index (χ4v) is 3.57. The highest BCUT2D eigenvalue weighted by atomic mass is 19.3. The van der Waals surface area contributed by atoms with E-state index < -0.39 is 42.6 Å². The molecule has 1 saturated heterocycles. The molecular weight excluding hydrogens is 405 g/mol. The molecule has 1 aliphatic carbocycles. The summed E-state index contributed by atoms with van der Waals surface area (Å²) in [5.41, 5.74) is 5.38. The highest BCUT2D eigenvalue weighted by Gasteiger charge is 2.39. The summed E-state index contributed by atoms with van der Waals surface area (Å²) in [7, 11) is 0. The number of alkyl halides is 2. The van der Waals surface area contributed by atoms with Gasteiger partial charge in [-0.1, -0.05) is 6.42 Å². The van der Waals surface area contributed by atoms with E-state index in [1.54, 1.807) is 0 Å². The molecule has 1 heterocycles.